The molecule has 1 aromatic heterocycles. The number of fused-ring (bicyclic) bond motifs is 1. The lowest BCUT2D eigenvalue weighted by molar-refractivity contribution is 0.101. The lowest BCUT2D eigenvalue weighted by atomic mass is 10.1. The molecular formula is C18H16O5. The van der Waals surface area contributed by atoms with E-state index in [1.165, 1.54) is 21.3 Å². The van der Waals surface area contributed by atoms with Gasteiger partial charge >= 0.3 is 0 Å². The fourth-order valence-corrected chi connectivity index (χ4v) is 2.50. The van der Waals surface area contributed by atoms with Gasteiger partial charge in [0.2, 0.25) is 11.5 Å². The molecule has 118 valence electrons. The lowest BCUT2D eigenvalue weighted by Crippen LogP contribution is -1.98. The van der Waals surface area contributed by atoms with Crippen LogP contribution in [0, 0.1) is 0 Å². The second kappa shape index (κ2) is 6.04. The monoisotopic (exact) mass is 312 g/mol. The van der Waals surface area contributed by atoms with Gasteiger partial charge in [0.1, 0.15) is 5.58 Å². The minimum atomic E-state index is -0.193. The third-order valence-corrected chi connectivity index (χ3v) is 3.59. The fraction of sp³-hybridized carbons (Fsp3) is 0.167. The van der Waals surface area contributed by atoms with E-state index < -0.39 is 0 Å². The minimum absolute atomic E-state index is 0.193. The van der Waals surface area contributed by atoms with Crippen LogP contribution in [-0.4, -0.2) is 27.1 Å². The van der Waals surface area contributed by atoms with Crippen molar-refractivity contribution in [3.8, 4) is 17.2 Å². The van der Waals surface area contributed by atoms with E-state index in [2.05, 4.69) is 0 Å². The maximum atomic E-state index is 12.5. The first-order chi connectivity index (χ1) is 11.2. The van der Waals surface area contributed by atoms with Crippen molar-refractivity contribution in [1.82, 2.24) is 0 Å². The molecule has 0 atom stereocenters. The van der Waals surface area contributed by atoms with E-state index in [1.54, 1.807) is 24.3 Å². The van der Waals surface area contributed by atoms with Gasteiger partial charge in [-0.05, 0) is 6.07 Å². The Balaban J connectivity index is 2.17. The zero-order chi connectivity index (χ0) is 16.4. The predicted octanol–water partition coefficient (Wildman–Crippen LogP) is 3.69. The predicted molar refractivity (Wildman–Crippen MR) is 85.7 cm³/mol. The molecule has 0 saturated carbocycles. The Labute approximate surface area is 133 Å². The number of rotatable bonds is 5. The highest BCUT2D eigenvalue weighted by Gasteiger charge is 2.22. The summed E-state index contributed by atoms with van der Waals surface area (Å²) >= 11 is 0. The molecule has 0 aliphatic rings. The zero-order valence-corrected chi connectivity index (χ0v) is 13.1. The molecule has 3 aromatic rings. The number of carbonyl (C=O) groups excluding carboxylic acids is 1. The molecule has 2 aromatic carbocycles. The number of ketones is 1. The Kier molecular flexibility index (Phi) is 3.93. The summed E-state index contributed by atoms with van der Waals surface area (Å²) in [5, 5.41) is 0.657. The third-order valence-electron chi connectivity index (χ3n) is 3.59. The van der Waals surface area contributed by atoms with Gasteiger partial charge in [-0.2, -0.15) is 0 Å². The van der Waals surface area contributed by atoms with E-state index in [-0.39, 0.29) is 11.5 Å². The normalized spacial score (nSPS) is 10.6. The SMILES string of the molecule is COc1cc2oc(C(=O)c3ccccc3)cc2c(OC)c1OC. The van der Waals surface area contributed by atoms with Crippen molar-refractivity contribution >= 4 is 16.8 Å². The van der Waals surface area contributed by atoms with Crippen molar-refractivity contribution < 1.29 is 23.4 Å². The summed E-state index contributed by atoms with van der Waals surface area (Å²) < 4.78 is 21.8. The molecule has 0 N–H and O–H groups in total. The van der Waals surface area contributed by atoms with Crippen molar-refractivity contribution in [3.63, 3.8) is 0 Å². The zero-order valence-electron chi connectivity index (χ0n) is 13.1. The molecule has 0 unspecified atom stereocenters. The lowest BCUT2D eigenvalue weighted by Gasteiger charge is -2.11. The van der Waals surface area contributed by atoms with Crippen LogP contribution in [0.5, 0.6) is 17.2 Å². The average molecular weight is 312 g/mol. The largest absolute Gasteiger partial charge is 0.493 e. The maximum Gasteiger partial charge on any atom is 0.228 e. The minimum Gasteiger partial charge on any atom is -0.493 e. The first kappa shape index (κ1) is 15.0. The molecule has 0 bridgehead atoms. The van der Waals surface area contributed by atoms with Gasteiger partial charge in [-0.3, -0.25) is 4.79 Å². The van der Waals surface area contributed by atoms with Gasteiger partial charge in [0.05, 0.1) is 26.7 Å². The Hall–Kier alpha value is -2.95. The summed E-state index contributed by atoms with van der Waals surface area (Å²) in [5.74, 6) is 1.45. The summed E-state index contributed by atoms with van der Waals surface area (Å²) in [5.41, 5.74) is 1.06. The van der Waals surface area contributed by atoms with Crippen LogP contribution < -0.4 is 14.2 Å². The number of hydrogen-bond donors (Lipinski definition) is 0. The van der Waals surface area contributed by atoms with E-state index in [9.17, 15) is 4.79 Å². The van der Waals surface area contributed by atoms with Crippen LogP contribution in [0.3, 0.4) is 0 Å². The first-order valence-corrected chi connectivity index (χ1v) is 7.01. The van der Waals surface area contributed by atoms with E-state index in [1.807, 2.05) is 18.2 Å². The van der Waals surface area contributed by atoms with E-state index in [4.69, 9.17) is 18.6 Å². The molecule has 23 heavy (non-hydrogen) atoms. The van der Waals surface area contributed by atoms with Gasteiger partial charge in [-0.15, -0.1) is 0 Å². The van der Waals surface area contributed by atoms with E-state index in [0.29, 0.717) is 33.8 Å². The van der Waals surface area contributed by atoms with Crippen molar-refractivity contribution in [2.45, 2.75) is 0 Å². The maximum absolute atomic E-state index is 12.5. The molecule has 3 rings (SSSR count). The molecule has 1 heterocycles. The Morgan fingerprint density at radius 2 is 1.61 bits per heavy atom. The molecule has 0 fully saturated rings. The van der Waals surface area contributed by atoms with Crippen LogP contribution in [0.4, 0.5) is 0 Å². The quantitative estimate of drug-likeness (QED) is 0.672. The van der Waals surface area contributed by atoms with Gasteiger partial charge in [0.15, 0.2) is 17.3 Å². The average Bonchev–Trinajstić information content (AvgIpc) is 3.03. The Morgan fingerprint density at radius 3 is 2.22 bits per heavy atom. The second-order valence-corrected chi connectivity index (χ2v) is 4.86. The highest BCUT2D eigenvalue weighted by molar-refractivity contribution is 6.09. The standard InChI is InChI=1S/C18H16O5/c1-20-15-10-13-12(17(21-2)18(15)22-3)9-14(23-13)16(19)11-7-5-4-6-8-11/h4-10H,1-3H3. The number of hydrogen-bond acceptors (Lipinski definition) is 5. The topological polar surface area (TPSA) is 57.9 Å². The first-order valence-electron chi connectivity index (χ1n) is 7.01. The van der Waals surface area contributed by atoms with Crippen molar-refractivity contribution in [3.05, 3.63) is 53.8 Å². The van der Waals surface area contributed by atoms with E-state index >= 15 is 0 Å². The van der Waals surface area contributed by atoms with Crippen LogP contribution in [-0.2, 0) is 0 Å². The molecule has 0 radical (unpaired) electrons. The van der Waals surface area contributed by atoms with Gasteiger partial charge < -0.3 is 18.6 Å². The number of ether oxygens (including phenoxy) is 3. The number of benzene rings is 2. The summed E-state index contributed by atoms with van der Waals surface area (Å²) in [7, 11) is 4.59. The van der Waals surface area contributed by atoms with Crippen LogP contribution in [0.25, 0.3) is 11.0 Å². The molecule has 0 amide bonds. The molecule has 0 aliphatic carbocycles. The molecule has 5 nitrogen and oxygen atoms in total. The van der Waals surface area contributed by atoms with Gasteiger partial charge in [0.25, 0.3) is 0 Å². The Bertz CT molecular complexity index is 849. The van der Waals surface area contributed by atoms with Crippen LogP contribution in [0.2, 0.25) is 0 Å². The highest BCUT2D eigenvalue weighted by Crippen LogP contribution is 2.44. The number of furan rings is 1. The van der Waals surface area contributed by atoms with Crippen LogP contribution in [0.15, 0.2) is 46.9 Å². The molecule has 0 saturated heterocycles. The summed E-state index contributed by atoms with van der Waals surface area (Å²) in [6.07, 6.45) is 0. The third kappa shape index (κ3) is 2.50. The smallest absolute Gasteiger partial charge is 0.228 e. The number of methoxy groups -OCH3 is 3. The highest BCUT2D eigenvalue weighted by atomic mass is 16.5. The van der Waals surface area contributed by atoms with Gasteiger partial charge in [-0.1, -0.05) is 30.3 Å². The number of carbonyl (C=O) groups is 1. The molecule has 0 spiro atoms. The van der Waals surface area contributed by atoms with Crippen molar-refractivity contribution in [2.75, 3.05) is 21.3 Å². The molecule has 0 aliphatic heterocycles. The van der Waals surface area contributed by atoms with Crippen molar-refractivity contribution in [1.29, 1.82) is 0 Å². The fourth-order valence-electron chi connectivity index (χ4n) is 2.50. The van der Waals surface area contributed by atoms with Crippen molar-refractivity contribution in [2.24, 2.45) is 0 Å². The van der Waals surface area contributed by atoms with Crippen LogP contribution >= 0.6 is 0 Å². The van der Waals surface area contributed by atoms with E-state index in [0.717, 1.165) is 0 Å². The second-order valence-electron chi connectivity index (χ2n) is 4.86. The molecule has 5 heteroatoms. The summed E-state index contributed by atoms with van der Waals surface area (Å²) in [6.45, 7) is 0. The van der Waals surface area contributed by atoms with Crippen LogP contribution in [0.1, 0.15) is 16.1 Å². The molecular weight excluding hydrogens is 296 g/mol. The van der Waals surface area contributed by atoms with Gasteiger partial charge in [0, 0.05) is 11.6 Å². The summed E-state index contributed by atoms with van der Waals surface area (Å²) in [6, 6.07) is 12.3. The Morgan fingerprint density at radius 1 is 0.913 bits per heavy atom. The summed E-state index contributed by atoms with van der Waals surface area (Å²) in [4.78, 5) is 12.5. The van der Waals surface area contributed by atoms with Gasteiger partial charge in [-0.25, -0.2) is 0 Å².